The normalized spacial score (nSPS) is 14.5. The molecule has 1 rings (SSSR count). The van der Waals surface area contributed by atoms with Crippen molar-refractivity contribution in [3.8, 4) is 0 Å². The minimum atomic E-state index is -0.0683. The number of hydrogen-bond donors (Lipinski definition) is 0. The van der Waals surface area contributed by atoms with Gasteiger partial charge in [0.15, 0.2) is 0 Å². The predicted octanol–water partition coefficient (Wildman–Crippen LogP) is 3.94. The van der Waals surface area contributed by atoms with Crippen LogP contribution >= 0.6 is 11.3 Å². The number of carbonyl (C=O) groups is 1. The summed E-state index contributed by atoms with van der Waals surface area (Å²) >= 11 is 1.64. The highest BCUT2D eigenvalue weighted by Crippen LogP contribution is 2.28. The average molecular weight is 220 g/mol. The molecular formula is C13H16OS. The number of ketones is 1. The summed E-state index contributed by atoms with van der Waals surface area (Å²) in [5.41, 5.74) is 1.10. The van der Waals surface area contributed by atoms with Crippen LogP contribution in [0.25, 0.3) is 0 Å². The van der Waals surface area contributed by atoms with Gasteiger partial charge in [-0.05, 0) is 32.2 Å². The molecule has 0 aromatic carbocycles. The van der Waals surface area contributed by atoms with Gasteiger partial charge in [-0.25, -0.2) is 0 Å². The zero-order valence-corrected chi connectivity index (χ0v) is 10.2. The van der Waals surface area contributed by atoms with Crippen LogP contribution in [-0.4, -0.2) is 5.78 Å². The second-order valence-electron chi connectivity index (χ2n) is 3.50. The third-order valence-electron chi connectivity index (χ3n) is 2.24. The largest absolute Gasteiger partial charge is 0.299 e. The summed E-state index contributed by atoms with van der Waals surface area (Å²) in [5, 5.41) is 2.01. The SMILES string of the molecule is C/C=C\C=C(/C)C(C(C)=O)c1cccs1. The molecule has 0 N–H and O–H groups in total. The molecule has 2 heteroatoms. The summed E-state index contributed by atoms with van der Waals surface area (Å²) in [4.78, 5) is 12.7. The van der Waals surface area contributed by atoms with Crippen LogP contribution in [0.1, 0.15) is 31.6 Å². The Morgan fingerprint density at radius 1 is 1.47 bits per heavy atom. The second kappa shape index (κ2) is 5.66. The molecule has 1 aromatic rings. The van der Waals surface area contributed by atoms with Crippen molar-refractivity contribution in [2.24, 2.45) is 0 Å². The molecule has 0 fully saturated rings. The molecule has 1 heterocycles. The van der Waals surface area contributed by atoms with Crippen LogP contribution < -0.4 is 0 Å². The fourth-order valence-corrected chi connectivity index (χ4v) is 2.50. The number of carbonyl (C=O) groups excluding carboxylic acids is 1. The van der Waals surface area contributed by atoms with Gasteiger partial charge in [0.2, 0.25) is 0 Å². The van der Waals surface area contributed by atoms with Gasteiger partial charge in [-0.3, -0.25) is 4.79 Å². The van der Waals surface area contributed by atoms with E-state index in [1.807, 2.05) is 49.6 Å². The molecule has 1 aromatic heterocycles. The van der Waals surface area contributed by atoms with E-state index in [-0.39, 0.29) is 11.7 Å². The van der Waals surface area contributed by atoms with E-state index in [4.69, 9.17) is 0 Å². The molecule has 0 bridgehead atoms. The van der Waals surface area contributed by atoms with Gasteiger partial charge in [0.05, 0.1) is 5.92 Å². The second-order valence-corrected chi connectivity index (χ2v) is 4.47. The lowest BCUT2D eigenvalue weighted by atomic mass is 9.94. The van der Waals surface area contributed by atoms with Gasteiger partial charge in [0.1, 0.15) is 5.78 Å². The molecule has 0 aliphatic rings. The van der Waals surface area contributed by atoms with Crippen LogP contribution in [0.5, 0.6) is 0 Å². The first-order valence-electron chi connectivity index (χ1n) is 5.00. The summed E-state index contributed by atoms with van der Waals surface area (Å²) in [6.45, 7) is 5.63. The van der Waals surface area contributed by atoms with E-state index in [9.17, 15) is 4.79 Å². The first-order valence-corrected chi connectivity index (χ1v) is 5.88. The molecule has 0 aliphatic heterocycles. The third kappa shape index (κ3) is 3.17. The summed E-state index contributed by atoms with van der Waals surface area (Å²) in [5.74, 6) is 0.136. The van der Waals surface area contributed by atoms with E-state index in [0.29, 0.717) is 0 Å². The average Bonchev–Trinajstić information content (AvgIpc) is 2.67. The Labute approximate surface area is 95.1 Å². The zero-order chi connectivity index (χ0) is 11.3. The van der Waals surface area contributed by atoms with E-state index in [1.165, 1.54) is 0 Å². The third-order valence-corrected chi connectivity index (χ3v) is 3.18. The van der Waals surface area contributed by atoms with Crippen molar-refractivity contribution >= 4 is 17.1 Å². The fourth-order valence-electron chi connectivity index (χ4n) is 1.55. The van der Waals surface area contributed by atoms with Gasteiger partial charge in [-0.1, -0.05) is 29.9 Å². The highest BCUT2D eigenvalue weighted by Gasteiger charge is 2.18. The minimum absolute atomic E-state index is 0.0683. The van der Waals surface area contributed by atoms with Crippen LogP contribution in [0.15, 0.2) is 41.3 Å². The Kier molecular flexibility index (Phi) is 4.50. The summed E-state index contributed by atoms with van der Waals surface area (Å²) < 4.78 is 0. The first-order chi connectivity index (χ1) is 7.16. The van der Waals surface area contributed by atoms with Crippen LogP contribution in [0.4, 0.5) is 0 Å². The molecule has 1 nitrogen and oxygen atoms in total. The summed E-state index contributed by atoms with van der Waals surface area (Å²) in [6.07, 6.45) is 5.94. The molecule has 80 valence electrons. The molecule has 0 saturated heterocycles. The van der Waals surface area contributed by atoms with Crippen LogP contribution in [0.3, 0.4) is 0 Å². The van der Waals surface area contributed by atoms with E-state index in [2.05, 4.69) is 0 Å². The fraction of sp³-hybridized carbons (Fsp3) is 0.308. The Bertz CT molecular complexity index is 371. The molecule has 15 heavy (non-hydrogen) atoms. The van der Waals surface area contributed by atoms with E-state index in [0.717, 1.165) is 10.5 Å². The van der Waals surface area contributed by atoms with Crippen molar-refractivity contribution < 1.29 is 4.79 Å². The van der Waals surface area contributed by atoms with Gasteiger partial charge in [-0.2, -0.15) is 0 Å². The van der Waals surface area contributed by atoms with Gasteiger partial charge in [-0.15, -0.1) is 11.3 Å². The molecule has 0 radical (unpaired) electrons. The van der Waals surface area contributed by atoms with Gasteiger partial charge >= 0.3 is 0 Å². The first kappa shape index (κ1) is 11.9. The highest BCUT2D eigenvalue weighted by molar-refractivity contribution is 7.10. The van der Waals surface area contributed by atoms with Gasteiger partial charge in [0.25, 0.3) is 0 Å². The maximum atomic E-state index is 11.6. The number of thiophene rings is 1. The smallest absolute Gasteiger partial charge is 0.142 e. The lowest BCUT2D eigenvalue weighted by molar-refractivity contribution is -0.117. The number of hydrogen-bond acceptors (Lipinski definition) is 2. The Hall–Kier alpha value is -1.15. The van der Waals surface area contributed by atoms with Crippen molar-refractivity contribution in [2.75, 3.05) is 0 Å². The van der Waals surface area contributed by atoms with Crippen LogP contribution in [-0.2, 0) is 4.79 Å². The maximum Gasteiger partial charge on any atom is 0.142 e. The standard InChI is InChI=1S/C13H16OS/c1-4-5-7-10(2)13(11(3)14)12-8-6-9-15-12/h4-9,13H,1-3H3/b5-4-,10-7+. The van der Waals surface area contributed by atoms with Crippen molar-refractivity contribution in [3.63, 3.8) is 0 Å². The van der Waals surface area contributed by atoms with E-state index < -0.39 is 0 Å². The predicted molar refractivity (Wildman–Crippen MR) is 66.3 cm³/mol. The van der Waals surface area contributed by atoms with E-state index in [1.54, 1.807) is 18.3 Å². The number of rotatable bonds is 4. The Balaban J connectivity index is 2.99. The monoisotopic (exact) mass is 220 g/mol. The van der Waals surface area contributed by atoms with Crippen molar-refractivity contribution in [1.29, 1.82) is 0 Å². The quantitative estimate of drug-likeness (QED) is 0.702. The molecule has 0 amide bonds. The lowest BCUT2D eigenvalue weighted by Crippen LogP contribution is -2.08. The van der Waals surface area contributed by atoms with Crippen LogP contribution in [0, 0.1) is 0 Å². The molecule has 0 spiro atoms. The number of allylic oxidation sites excluding steroid dienone is 4. The Morgan fingerprint density at radius 2 is 2.20 bits per heavy atom. The molecular weight excluding hydrogens is 204 g/mol. The zero-order valence-electron chi connectivity index (χ0n) is 9.36. The molecule has 1 atom stereocenters. The van der Waals surface area contributed by atoms with Crippen molar-refractivity contribution in [1.82, 2.24) is 0 Å². The molecule has 0 aliphatic carbocycles. The highest BCUT2D eigenvalue weighted by atomic mass is 32.1. The molecule has 1 unspecified atom stereocenters. The van der Waals surface area contributed by atoms with E-state index >= 15 is 0 Å². The maximum absolute atomic E-state index is 11.6. The summed E-state index contributed by atoms with van der Waals surface area (Å²) in [7, 11) is 0. The van der Waals surface area contributed by atoms with Gasteiger partial charge < -0.3 is 0 Å². The Morgan fingerprint density at radius 3 is 2.67 bits per heavy atom. The minimum Gasteiger partial charge on any atom is -0.299 e. The number of Topliss-reactive ketones (excluding diaryl/α,β-unsaturated/α-hetero) is 1. The summed E-state index contributed by atoms with van der Waals surface area (Å²) in [6, 6.07) is 4.00. The van der Waals surface area contributed by atoms with Gasteiger partial charge in [0, 0.05) is 4.88 Å². The van der Waals surface area contributed by atoms with Crippen LogP contribution in [0.2, 0.25) is 0 Å². The molecule has 0 saturated carbocycles. The lowest BCUT2D eigenvalue weighted by Gasteiger charge is -2.12. The van der Waals surface area contributed by atoms with Crippen molar-refractivity contribution in [3.05, 3.63) is 46.2 Å². The van der Waals surface area contributed by atoms with Crippen molar-refractivity contribution in [2.45, 2.75) is 26.7 Å². The topological polar surface area (TPSA) is 17.1 Å².